The summed E-state index contributed by atoms with van der Waals surface area (Å²) in [7, 11) is -3.40. The molecule has 10 heteroatoms. The number of anilines is 1. The molecule has 0 atom stereocenters. The summed E-state index contributed by atoms with van der Waals surface area (Å²) in [4.78, 5) is 26.7. The van der Waals surface area contributed by atoms with Gasteiger partial charge in [-0.15, -0.1) is 0 Å². The van der Waals surface area contributed by atoms with Crippen molar-refractivity contribution in [3.63, 3.8) is 0 Å². The van der Waals surface area contributed by atoms with E-state index >= 15 is 0 Å². The molecule has 3 rings (SSSR count). The van der Waals surface area contributed by atoms with Crippen LogP contribution >= 0.6 is 0 Å². The lowest BCUT2D eigenvalue weighted by Gasteiger charge is -2.12. The highest BCUT2D eigenvalue weighted by molar-refractivity contribution is 7.90. The lowest BCUT2D eigenvalue weighted by molar-refractivity contribution is -0.148. The molecule has 0 unspecified atom stereocenters. The Morgan fingerprint density at radius 3 is 2.18 bits per heavy atom. The van der Waals surface area contributed by atoms with Gasteiger partial charge >= 0.3 is 11.9 Å². The molecule has 0 saturated carbocycles. The minimum Gasteiger partial charge on any atom is -0.479 e. The van der Waals surface area contributed by atoms with Gasteiger partial charge in [-0.2, -0.15) is 0 Å². The van der Waals surface area contributed by atoms with E-state index in [-0.39, 0.29) is 16.4 Å². The summed E-state index contributed by atoms with van der Waals surface area (Å²) < 4.78 is 24.1. The summed E-state index contributed by atoms with van der Waals surface area (Å²) in [5.74, 6) is -2.91. The first-order chi connectivity index (χ1) is 15.6. The third-order valence-electron chi connectivity index (χ3n) is 4.68. The maximum atomic E-state index is 12.1. The molecule has 0 heterocycles. The minimum absolute atomic E-state index is 0.130. The Bertz CT molecular complexity index is 1320. The van der Waals surface area contributed by atoms with Crippen LogP contribution in [-0.2, 0) is 19.4 Å². The summed E-state index contributed by atoms with van der Waals surface area (Å²) in [6.07, 6.45) is 1.16. The van der Waals surface area contributed by atoms with Crippen molar-refractivity contribution in [2.75, 3.05) is 11.6 Å². The number of hydrogen-bond acceptors (Lipinski definition) is 6. The number of amidine groups is 1. The molecule has 5 N–H and O–H groups in total. The molecule has 0 aliphatic rings. The Balaban J connectivity index is 1.86. The van der Waals surface area contributed by atoms with Crippen molar-refractivity contribution < 1.29 is 28.2 Å². The maximum Gasteiger partial charge on any atom is 0.337 e. The molecule has 3 aromatic carbocycles. The van der Waals surface area contributed by atoms with Gasteiger partial charge in [0.05, 0.1) is 10.6 Å². The molecule has 0 fully saturated rings. The van der Waals surface area contributed by atoms with Crippen LogP contribution in [0.1, 0.15) is 5.56 Å². The number of nitrogens with two attached hydrogens (primary N) is 1. The molecule has 0 aromatic heterocycles. The lowest BCUT2D eigenvalue weighted by atomic mass is 10.1. The summed E-state index contributed by atoms with van der Waals surface area (Å²) in [5.41, 5.74) is 8.60. The number of nitrogens with zero attached hydrogens (tertiary/aromatic N) is 1. The number of benzene rings is 3. The fourth-order valence-corrected chi connectivity index (χ4v) is 4.02. The average Bonchev–Trinajstić information content (AvgIpc) is 2.77. The molecule has 3 aromatic rings. The van der Waals surface area contributed by atoms with E-state index in [1.165, 1.54) is 12.1 Å². The van der Waals surface area contributed by atoms with Gasteiger partial charge in [0, 0.05) is 23.1 Å². The van der Waals surface area contributed by atoms with Crippen LogP contribution in [0.25, 0.3) is 11.1 Å². The predicted octanol–water partition coefficient (Wildman–Crippen LogP) is 2.74. The zero-order chi connectivity index (χ0) is 24.2. The average molecular weight is 468 g/mol. The van der Waals surface area contributed by atoms with Gasteiger partial charge in [-0.05, 0) is 35.9 Å². The predicted molar refractivity (Wildman–Crippen MR) is 124 cm³/mol. The first-order valence-electron chi connectivity index (χ1n) is 9.62. The summed E-state index contributed by atoms with van der Waals surface area (Å²) in [6, 6.07) is 18.0. The number of carboxylic acid groups (broad SMARTS) is 2. The maximum absolute atomic E-state index is 12.1. The van der Waals surface area contributed by atoms with E-state index in [1.54, 1.807) is 60.7 Å². The van der Waals surface area contributed by atoms with Crippen LogP contribution in [0, 0.1) is 0 Å². The second kappa shape index (κ2) is 9.53. The summed E-state index contributed by atoms with van der Waals surface area (Å²) in [6.45, 7) is 0. The molecule has 9 nitrogen and oxygen atoms in total. The normalized spacial score (nSPS) is 11.9. The number of carboxylic acids is 2. The van der Waals surface area contributed by atoms with Gasteiger partial charge in [0.2, 0.25) is 6.04 Å². The molecular formula is C23H21N3O6S. The second-order valence-corrected chi connectivity index (χ2v) is 9.13. The third-order valence-corrected chi connectivity index (χ3v) is 5.83. The van der Waals surface area contributed by atoms with Crippen LogP contribution in [0.15, 0.2) is 82.7 Å². The second-order valence-electron chi connectivity index (χ2n) is 7.15. The zero-order valence-corrected chi connectivity index (χ0v) is 18.3. The van der Waals surface area contributed by atoms with E-state index in [0.717, 1.165) is 6.26 Å². The molecule has 0 aliphatic heterocycles. The van der Waals surface area contributed by atoms with Gasteiger partial charge in [0.15, 0.2) is 9.84 Å². The minimum atomic E-state index is -3.40. The van der Waals surface area contributed by atoms with Gasteiger partial charge in [0.1, 0.15) is 5.84 Å². The topological polar surface area (TPSA) is 159 Å². The summed E-state index contributed by atoms with van der Waals surface area (Å²) >= 11 is 0. The zero-order valence-electron chi connectivity index (χ0n) is 17.5. The number of carbonyl (C=O) groups is 2. The number of nitrogens with one attached hydrogen (secondary N) is 1. The first-order valence-corrected chi connectivity index (χ1v) is 11.5. The number of rotatable bonds is 8. The molecule has 0 spiro atoms. The molecule has 0 aliphatic carbocycles. The van der Waals surface area contributed by atoms with E-state index in [2.05, 4.69) is 10.3 Å². The Hall–Kier alpha value is -4.18. The smallest absolute Gasteiger partial charge is 0.337 e. The van der Waals surface area contributed by atoms with Gasteiger partial charge < -0.3 is 21.3 Å². The monoisotopic (exact) mass is 467 g/mol. The SMILES string of the molecule is CS(=O)(=O)c1ccccc1-c1ccc(N=C(N)c2cccc(NC(C(=O)O)C(=O)O)c2)cc1. The molecule has 33 heavy (non-hydrogen) atoms. The number of aliphatic imine (C=N–C) groups is 1. The van der Waals surface area contributed by atoms with E-state index in [4.69, 9.17) is 15.9 Å². The summed E-state index contributed by atoms with van der Waals surface area (Å²) in [5, 5.41) is 20.5. The third kappa shape index (κ3) is 5.74. The first kappa shape index (κ1) is 23.5. The van der Waals surface area contributed by atoms with E-state index in [0.29, 0.717) is 22.4 Å². The molecule has 0 radical (unpaired) electrons. The largest absolute Gasteiger partial charge is 0.479 e. The number of aliphatic carboxylic acids is 2. The van der Waals surface area contributed by atoms with Crippen LogP contribution in [0.5, 0.6) is 0 Å². The molecule has 170 valence electrons. The van der Waals surface area contributed by atoms with Gasteiger partial charge in [-0.1, -0.05) is 42.5 Å². The van der Waals surface area contributed by atoms with Crippen LogP contribution in [0.3, 0.4) is 0 Å². The van der Waals surface area contributed by atoms with E-state index in [1.807, 2.05) is 0 Å². The van der Waals surface area contributed by atoms with E-state index in [9.17, 15) is 18.0 Å². The van der Waals surface area contributed by atoms with E-state index < -0.39 is 27.8 Å². The molecule has 0 bridgehead atoms. The highest BCUT2D eigenvalue weighted by Crippen LogP contribution is 2.29. The van der Waals surface area contributed by atoms with Crippen molar-refractivity contribution in [1.82, 2.24) is 0 Å². The van der Waals surface area contributed by atoms with Crippen LogP contribution < -0.4 is 11.1 Å². The Morgan fingerprint density at radius 1 is 0.939 bits per heavy atom. The lowest BCUT2D eigenvalue weighted by Crippen LogP contribution is -2.37. The van der Waals surface area contributed by atoms with Gasteiger partial charge in [-0.25, -0.2) is 23.0 Å². The van der Waals surface area contributed by atoms with Crippen molar-refractivity contribution in [2.45, 2.75) is 10.9 Å². The van der Waals surface area contributed by atoms with Crippen LogP contribution in [-0.4, -0.2) is 48.7 Å². The highest BCUT2D eigenvalue weighted by atomic mass is 32.2. The number of hydrogen-bond donors (Lipinski definition) is 4. The standard InChI is InChI=1S/C23H21N3O6S/c1-33(31,32)19-8-3-2-7-18(19)14-9-11-16(12-10-14)26-21(24)15-5-4-6-17(13-15)25-20(22(27)28)23(29)30/h2-13,20,25H,1H3,(H2,24,26)(H,27,28)(H,29,30). The van der Waals surface area contributed by atoms with Crippen molar-refractivity contribution >= 4 is 39.0 Å². The quantitative estimate of drug-likeness (QED) is 0.224. The number of sulfone groups is 1. The van der Waals surface area contributed by atoms with Crippen molar-refractivity contribution in [3.8, 4) is 11.1 Å². The Labute approximate surface area is 190 Å². The van der Waals surface area contributed by atoms with Crippen LogP contribution in [0.2, 0.25) is 0 Å². The molecule has 0 saturated heterocycles. The molecular weight excluding hydrogens is 446 g/mol. The van der Waals surface area contributed by atoms with Gasteiger partial charge in [-0.3, -0.25) is 0 Å². The fraction of sp³-hybridized carbons (Fsp3) is 0.0870. The van der Waals surface area contributed by atoms with Crippen molar-refractivity contribution in [2.24, 2.45) is 10.7 Å². The van der Waals surface area contributed by atoms with Gasteiger partial charge in [0.25, 0.3) is 0 Å². The fourth-order valence-electron chi connectivity index (χ4n) is 3.11. The van der Waals surface area contributed by atoms with Crippen molar-refractivity contribution in [3.05, 3.63) is 78.4 Å². The Kier molecular flexibility index (Phi) is 6.78. The molecule has 0 amide bonds. The van der Waals surface area contributed by atoms with Crippen LogP contribution in [0.4, 0.5) is 11.4 Å². The Morgan fingerprint density at radius 2 is 1.58 bits per heavy atom. The highest BCUT2D eigenvalue weighted by Gasteiger charge is 2.25. The van der Waals surface area contributed by atoms with Crippen molar-refractivity contribution in [1.29, 1.82) is 0 Å².